The summed E-state index contributed by atoms with van der Waals surface area (Å²) in [4.78, 5) is 2.09. The molecule has 0 N–H and O–H groups in total. The van der Waals surface area contributed by atoms with Crippen LogP contribution in [0.3, 0.4) is 0 Å². The molecule has 0 aromatic rings. The van der Waals surface area contributed by atoms with Gasteiger partial charge in [-0.3, -0.25) is 0 Å². The Morgan fingerprint density at radius 3 is 2.80 bits per heavy atom. The Morgan fingerprint density at radius 1 is 1.70 bits per heavy atom. The summed E-state index contributed by atoms with van der Waals surface area (Å²) in [5.74, 6) is 0. The molecule has 0 saturated carbocycles. The summed E-state index contributed by atoms with van der Waals surface area (Å²) < 4.78 is 5.25. The highest BCUT2D eigenvalue weighted by Crippen LogP contribution is 2.14. The fourth-order valence-corrected chi connectivity index (χ4v) is 0.908. The first-order chi connectivity index (χ1) is 4.70. The van der Waals surface area contributed by atoms with Gasteiger partial charge in [-0.2, -0.15) is 0 Å². The molecule has 0 aromatic carbocycles. The van der Waals surface area contributed by atoms with E-state index in [4.69, 9.17) is 4.74 Å². The Labute approximate surface area is 61.8 Å². The third-order valence-electron chi connectivity index (χ3n) is 1.47. The van der Waals surface area contributed by atoms with Gasteiger partial charge >= 0.3 is 0 Å². The summed E-state index contributed by atoms with van der Waals surface area (Å²) in [6.07, 6.45) is 3.79. The minimum absolute atomic E-state index is 0.176. The molecular weight excluding hydrogens is 126 g/mol. The second kappa shape index (κ2) is 2.88. The van der Waals surface area contributed by atoms with Gasteiger partial charge in [-0.15, -0.1) is 0 Å². The fraction of sp³-hybridized carbons (Fsp3) is 0.500. The lowest BCUT2D eigenvalue weighted by molar-refractivity contribution is 0.159. The molecule has 0 radical (unpaired) electrons. The van der Waals surface area contributed by atoms with Crippen molar-refractivity contribution in [2.45, 2.75) is 6.10 Å². The maximum atomic E-state index is 5.25. The standard InChI is InChI=1S/C8H13NO/c1-7-4-5-10-8(7)6-9(2)3/h4-5,8H,1,6H2,2-3H3. The van der Waals surface area contributed by atoms with Crippen LogP contribution in [0, 0.1) is 0 Å². The number of rotatable bonds is 2. The molecule has 0 amide bonds. The molecule has 1 atom stereocenters. The van der Waals surface area contributed by atoms with Crippen molar-refractivity contribution >= 4 is 0 Å². The van der Waals surface area contributed by atoms with Crippen LogP contribution >= 0.6 is 0 Å². The third kappa shape index (κ3) is 1.61. The lowest BCUT2D eigenvalue weighted by Gasteiger charge is -2.16. The van der Waals surface area contributed by atoms with Crippen molar-refractivity contribution in [2.24, 2.45) is 0 Å². The zero-order chi connectivity index (χ0) is 7.56. The van der Waals surface area contributed by atoms with Gasteiger partial charge in [-0.05, 0) is 25.7 Å². The van der Waals surface area contributed by atoms with Crippen molar-refractivity contribution in [3.05, 3.63) is 24.5 Å². The quantitative estimate of drug-likeness (QED) is 0.566. The highest BCUT2D eigenvalue weighted by atomic mass is 16.5. The van der Waals surface area contributed by atoms with E-state index in [0.29, 0.717) is 0 Å². The molecule has 2 nitrogen and oxygen atoms in total. The fourth-order valence-electron chi connectivity index (χ4n) is 0.908. The normalized spacial score (nSPS) is 23.9. The van der Waals surface area contributed by atoms with E-state index in [2.05, 4.69) is 11.5 Å². The number of hydrogen-bond donors (Lipinski definition) is 0. The van der Waals surface area contributed by atoms with E-state index in [1.165, 1.54) is 0 Å². The van der Waals surface area contributed by atoms with Gasteiger partial charge in [0.1, 0.15) is 6.10 Å². The molecule has 0 aliphatic carbocycles. The molecule has 0 spiro atoms. The van der Waals surface area contributed by atoms with Crippen molar-refractivity contribution in [1.82, 2.24) is 4.90 Å². The van der Waals surface area contributed by atoms with Crippen LogP contribution in [-0.2, 0) is 4.74 Å². The topological polar surface area (TPSA) is 12.5 Å². The molecule has 1 unspecified atom stereocenters. The van der Waals surface area contributed by atoms with E-state index in [1.54, 1.807) is 6.26 Å². The number of ether oxygens (including phenoxy) is 1. The molecule has 1 heterocycles. The van der Waals surface area contributed by atoms with Crippen LogP contribution < -0.4 is 0 Å². The molecule has 0 bridgehead atoms. The van der Waals surface area contributed by atoms with E-state index in [1.807, 2.05) is 20.2 Å². The molecule has 1 aliphatic heterocycles. The molecule has 1 aliphatic rings. The second-order valence-electron chi connectivity index (χ2n) is 2.76. The van der Waals surface area contributed by atoms with Crippen LogP contribution in [0.15, 0.2) is 24.5 Å². The Morgan fingerprint density at radius 2 is 2.40 bits per heavy atom. The minimum Gasteiger partial charge on any atom is -0.492 e. The molecular formula is C8H13NO. The van der Waals surface area contributed by atoms with Crippen LogP contribution in [0.5, 0.6) is 0 Å². The smallest absolute Gasteiger partial charge is 0.135 e. The first kappa shape index (κ1) is 7.35. The predicted octanol–water partition coefficient (Wildman–Crippen LogP) is 1.02. The van der Waals surface area contributed by atoms with E-state index in [9.17, 15) is 0 Å². The molecule has 0 aromatic heterocycles. The van der Waals surface area contributed by atoms with E-state index >= 15 is 0 Å². The largest absolute Gasteiger partial charge is 0.492 e. The summed E-state index contributed by atoms with van der Waals surface area (Å²) >= 11 is 0. The van der Waals surface area contributed by atoms with Gasteiger partial charge < -0.3 is 9.64 Å². The lowest BCUT2D eigenvalue weighted by atomic mass is 10.2. The Bertz CT molecular complexity index is 161. The maximum Gasteiger partial charge on any atom is 0.135 e. The highest BCUT2D eigenvalue weighted by molar-refractivity contribution is 5.23. The second-order valence-corrected chi connectivity index (χ2v) is 2.76. The van der Waals surface area contributed by atoms with Gasteiger partial charge in [0, 0.05) is 6.54 Å². The van der Waals surface area contributed by atoms with E-state index in [-0.39, 0.29) is 6.10 Å². The summed E-state index contributed by atoms with van der Waals surface area (Å²) in [7, 11) is 4.05. The Balaban J connectivity index is 2.37. The molecule has 56 valence electrons. The van der Waals surface area contributed by atoms with Crippen molar-refractivity contribution < 1.29 is 4.74 Å². The molecule has 10 heavy (non-hydrogen) atoms. The monoisotopic (exact) mass is 139 g/mol. The average Bonchev–Trinajstić information content (AvgIpc) is 2.15. The van der Waals surface area contributed by atoms with Crippen molar-refractivity contribution in [2.75, 3.05) is 20.6 Å². The van der Waals surface area contributed by atoms with Gasteiger partial charge in [0.15, 0.2) is 0 Å². The minimum atomic E-state index is 0.176. The highest BCUT2D eigenvalue weighted by Gasteiger charge is 2.15. The number of hydrogen-bond acceptors (Lipinski definition) is 2. The van der Waals surface area contributed by atoms with Crippen LogP contribution in [-0.4, -0.2) is 31.6 Å². The van der Waals surface area contributed by atoms with Crippen molar-refractivity contribution in [3.8, 4) is 0 Å². The summed E-state index contributed by atoms with van der Waals surface area (Å²) in [5.41, 5.74) is 1.06. The van der Waals surface area contributed by atoms with E-state index in [0.717, 1.165) is 12.1 Å². The van der Waals surface area contributed by atoms with E-state index < -0.39 is 0 Å². The molecule has 0 saturated heterocycles. The van der Waals surface area contributed by atoms with Crippen LogP contribution in [0.4, 0.5) is 0 Å². The third-order valence-corrected chi connectivity index (χ3v) is 1.47. The average molecular weight is 139 g/mol. The Hall–Kier alpha value is -0.760. The number of nitrogens with zero attached hydrogens (tertiary/aromatic N) is 1. The summed E-state index contributed by atoms with van der Waals surface area (Å²) in [5, 5.41) is 0. The van der Waals surface area contributed by atoms with Crippen LogP contribution in [0.1, 0.15) is 0 Å². The summed E-state index contributed by atoms with van der Waals surface area (Å²) in [6.45, 7) is 4.76. The van der Waals surface area contributed by atoms with Gasteiger partial charge in [-0.1, -0.05) is 6.58 Å². The molecule has 0 fully saturated rings. The zero-order valence-corrected chi connectivity index (χ0v) is 6.50. The van der Waals surface area contributed by atoms with Gasteiger partial charge in [0.2, 0.25) is 0 Å². The molecule has 2 heteroatoms. The van der Waals surface area contributed by atoms with Crippen LogP contribution in [0.2, 0.25) is 0 Å². The number of likely N-dealkylation sites (N-methyl/N-ethyl adjacent to an activating group) is 1. The lowest BCUT2D eigenvalue weighted by Crippen LogP contribution is -2.26. The van der Waals surface area contributed by atoms with Crippen LogP contribution in [0.25, 0.3) is 0 Å². The summed E-state index contributed by atoms with van der Waals surface area (Å²) in [6, 6.07) is 0. The molecule has 1 rings (SSSR count). The first-order valence-corrected chi connectivity index (χ1v) is 3.35. The van der Waals surface area contributed by atoms with Gasteiger partial charge in [-0.25, -0.2) is 0 Å². The van der Waals surface area contributed by atoms with Crippen molar-refractivity contribution in [3.63, 3.8) is 0 Å². The van der Waals surface area contributed by atoms with Crippen molar-refractivity contribution in [1.29, 1.82) is 0 Å². The SMILES string of the molecule is C=C1C=COC1CN(C)C. The zero-order valence-electron chi connectivity index (χ0n) is 6.50. The first-order valence-electron chi connectivity index (χ1n) is 3.35. The Kier molecular flexibility index (Phi) is 2.12. The van der Waals surface area contributed by atoms with Gasteiger partial charge in [0.25, 0.3) is 0 Å². The predicted molar refractivity (Wildman–Crippen MR) is 41.7 cm³/mol. The maximum absolute atomic E-state index is 5.25. The van der Waals surface area contributed by atoms with Gasteiger partial charge in [0.05, 0.1) is 6.26 Å².